The molecule has 0 saturated heterocycles. The van der Waals surface area contributed by atoms with Crippen LogP contribution in [0, 0.1) is 5.92 Å². The van der Waals surface area contributed by atoms with Crippen molar-refractivity contribution in [3.05, 3.63) is 0 Å². The molecule has 0 aromatic rings. The highest BCUT2D eigenvalue weighted by atomic mass is 16.5. The van der Waals surface area contributed by atoms with Crippen molar-refractivity contribution in [3.63, 3.8) is 0 Å². The summed E-state index contributed by atoms with van der Waals surface area (Å²) >= 11 is 0. The molecule has 6 nitrogen and oxygen atoms in total. The first-order valence-electron chi connectivity index (χ1n) is 7.42. The topological polar surface area (TPSA) is 84.5 Å². The van der Waals surface area contributed by atoms with E-state index in [1.54, 1.807) is 0 Å². The molecule has 2 N–H and O–H groups in total. The molecule has 0 heterocycles. The monoisotopic (exact) mass is 282 g/mol. The minimum Gasteiger partial charge on any atom is -0.455 e. The Morgan fingerprint density at radius 2 is 1.65 bits per heavy atom. The maximum Gasteiger partial charge on any atom is 0.321 e. The first kappa shape index (κ1) is 14.8. The number of carbonyl (C=O) groups excluding carboxylic acids is 3. The fourth-order valence-electron chi connectivity index (χ4n) is 2.53. The highest BCUT2D eigenvalue weighted by molar-refractivity contribution is 5.95. The van der Waals surface area contributed by atoms with Gasteiger partial charge in [0, 0.05) is 6.04 Å². The molecule has 2 saturated carbocycles. The van der Waals surface area contributed by atoms with Crippen LogP contribution in [0.1, 0.15) is 51.4 Å². The Hall–Kier alpha value is -1.59. The summed E-state index contributed by atoms with van der Waals surface area (Å²) in [6, 6.07) is -0.351. The van der Waals surface area contributed by atoms with Gasteiger partial charge < -0.3 is 10.1 Å². The first-order valence-corrected chi connectivity index (χ1v) is 7.42. The smallest absolute Gasteiger partial charge is 0.321 e. The Kier molecular flexibility index (Phi) is 5.38. The van der Waals surface area contributed by atoms with Gasteiger partial charge in [-0.2, -0.15) is 0 Å². The molecule has 6 heteroatoms. The third kappa shape index (κ3) is 4.51. The fraction of sp³-hybridized carbons (Fsp3) is 0.786. The standard InChI is InChI=1S/C14H22N2O4/c17-12(9-20-13(18)10-5-4-6-10)16-14(19)15-11-7-2-1-3-8-11/h10-11H,1-9H2,(H2,15,16,17,19). The zero-order valence-corrected chi connectivity index (χ0v) is 11.7. The Morgan fingerprint density at radius 1 is 0.950 bits per heavy atom. The van der Waals surface area contributed by atoms with Crippen molar-refractivity contribution in [2.75, 3.05) is 6.61 Å². The maximum atomic E-state index is 11.6. The lowest BCUT2D eigenvalue weighted by molar-refractivity contribution is -0.154. The lowest BCUT2D eigenvalue weighted by Crippen LogP contribution is -2.46. The third-order valence-corrected chi connectivity index (χ3v) is 3.98. The van der Waals surface area contributed by atoms with E-state index in [0.717, 1.165) is 44.9 Å². The van der Waals surface area contributed by atoms with Crippen LogP contribution in [0.4, 0.5) is 4.79 Å². The molecule has 0 aliphatic heterocycles. The number of carbonyl (C=O) groups is 3. The van der Waals surface area contributed by atoms with Gasteiger partial charge in [0.1, 0.15) is 0 Å². The van der Waals surface area contributed by atoms with Crippen molar-refractivity contribution in [1.82, 2.24) is 10.6 Å². The van der Waals surface area contributed by atoms with Crippen molar-refractivity contribution >= 4 is 17.9 Å². The summed E-state index contributed by atoms with van der Waals surface area (Å²) in [5, 5.41) is 4.96. The van der Waals surface area contributed by atoms with E-state index in [2.05, 4.69) is 10.6 Å². The molecule has 2 aliphatic carbocycles. The molecule has 2 rings (SSSR count). The molecular formula is C14H22N2O4. The quantitative estimate of drug-likeness (QED) is 0.765. The third-order valence-electron chi connectivity index (χ3n) is 3.98. The number of hydrogen-bond acceptors (Lipinski definition) is 4. The predicted molar refractivity (Wildman–Crippen MR) is 71.8 cm³/mol. The molecule has 0 aromatic heterocycles. The highest BCUT2D eigenvalue weighted by Crippen LogP contribution is 2.27. The number of ether oxygens (including phenoxy) is 1. The number of urea groups is 1. The van der Waals surface area contributed by atoms with Gasteiger partial charge in [0.15, 0.2) is 6.61 Å². The van der Waals surface area contributed by atoms with Crippen molar-refractivity contribution in [3.8, 4) is 0 Å². The van der Waals surface area contributed by atoms with Crippen molar-refractivity contribution in [2.45, 2.75) is 57.4 Å². The van der Waals surface area contributed by atoms with Crippen molar-refractivity contribution in [2.24, 2.45) is 5.92 Å². The van der Waals surface area contributed by atoms with Crippen LogP contribution >= 0.6 is 0 Å². The van der Waals surface area contributed by atoms with Crippen LogP contribution in [-0.2, 0) is 14.3 Å². The van der Waals surface area contributed by atoms with Gasteiger partial charge in [-0.05, 0) is 25.7 Å². The normalized spacial score (nSPS) is 19.8. The molecule has 3 amide bonds. The van der Waals surface area contributed by atoms with Gasteiger partial charge in [0.05, 0.1) is 5.92 Å². The summed E-state index contributed by atoms with van der Waals surface area (Å²) in [5.41, 5.74) is 0. The number of hydrogen-bond donors (Lipinski definition) is 2. The van der Waals surface area contributed by atoms with Gasteiger partial charge in [0.25, 0.3) is 5.91 Å². The van der Waals surface area contributed by atoms with Gasteiger partial charge in [-0.1, -0.05) is 25.7 Å². The summed E-state index contributed by atoms with van der Waals surface area (Å²) in [6.07, 6.45) is 8.04. The molecule has 112 valence electrons. The Labute approximate surface area is 118 Å². The molecule has 2 aliphatic rings. The van der Waals surface area contributed by atoms with Crippen LogP contribution in [-0.4, -0.2) is 30.6 Å². The molecule has 0 unspecified atom stereocenters. The van der Waals surface area contributed by atoms with Crippen LogP contribution in [0.5, 0.6) is 0 Å². The number of rotatable bonds is 4. The van der Waals surface area contributed by atoms with Crippen LogP contribution in [0.25, 0.3) is 0 Å². The molecule has 2 fully saturated rings. The summed E-state index contributed by atoms with van der Waals surface area (Å²) in [4.78, 5) is 34.5. The van der Waals surface area contributed by atoms with Gasteiger partial charge in [-0.3, -0.25) is 14.9 Å². The molecule has 0 atom stereocenters. The van der Waals surface area contributed by atoms with E-state index in [0.29, 0.717) is 0 Å². The molecule has 20 heavy (non-hydrogen) atoms. The van der Waals surface area contributed by atoms with Crippen LogP contribution in [0.15, 0.2) is 0 Å². The molecule has 0 spiro atoms. The summed E-state index contributed by atoms with van der Waals surface area (Å²) in [7, 11) is 0. The average molecular weight is 282 g/mol. The molecule has 0 aromatic carbocycles. The van der Waals surface area contributed by atoms with E-state index in [1.165, 1.54) is 6.42 Å². The zero-order chi connectivity index (χ0) is 14.4. The Morgan fingerprint density at radius 3 is 2.25 bits per heavy atom. The Bertz CT molecular complexity index is 373. The second-order valence-corrected chi connectivity index (χ2v) is 5.59. The number of nitrogens with one attached hydrogen (secondary N) is 2. The lowest BCUT2D eigenvalue weighted by Gasteiger charge is -2.23. The molecule has 0 radical (unpaired) electrons. The van der Waals surface area contributed by atoms with Gasteiger partial charge in [-0.15, -0.1) is 0 Å². The first-order chi connectivity index (χ1) is 9.65. The van der Waals surface area contributed by atoms with Crippen molar-refractivity contribution < 1.29 is 19.1 Å². The highest BCUT2D eigenvalue weighted by Gasteiger charge is 2.27. The zero-order valence-electron chi connectivity index (χ0n) is 11.7. The van der Waals surface area contributed by atoms with E-state index in [4.69, 9.17) is 4.74 Å². The van der Waals surface area contributed by atoms with Gasteiger partial charge in [0.2, 0.25) is 0 Å². The molecular weight excluding hydrogens is 260 g/mol. The van der Waals surface area contributed by atoms with Crippen molar-refractivity contribution in [1.29, 1.82) is 0 Å². The van der Waals surface area contributed by atoms with E-state index in [1.807, 2.05) is 0 Å². The average Bonchev–Trinajstić information content (AvgIpc) is 2.35. The van der Waals surface area contributed by atoms with E-state index in [9.17, 15) is 14.4 Å². The minimum absolute atomic E-state index is 0.0566. The lowest BCUT2D eigenvalue weighted by atomic mass is 9.86. The fourth-order valence-corrected chi connectivity index (χ4v) is 2.53. The number of amides is 3. The van der Waals surface area contributed by atoms with E-state index < -0.39 is 11.9 Å². The van der Waals surface area contributed by atoms with Crippen LogP contribution < -0.4 is 10.6 Å². The maximum absolute atomic E-state index is 11.6. The SMILES string of the molecule is O=C(COC(=O)C1CCC1)NC(=O)NC1CCCCC1. The summed E-state index contributed by atoms with van der Waals surface area (Å²) < 4.78 is 4.87. The second kappa shape index (κ2) is 7.26. The number of imide groups is 1. The van der Waals surface area contributed by atoms with Crippen LogP contribution in [0.2, 0.25) is 0 Å². The number of esters is 1. The Balaban J connectivity index is 1.60. The van der Waals surface area contributed by atoms with Gasteiger partial charge >= 0.3 is 12.0 Å². The van der Waals surface area contributed by atoms with Gasteiger partial charge in [-0.25, -0.2) is 4.79 Å². The van der Waals surface area contributed by atoms with E-state index >= 15 is 0 Å². The predicted octanol–water partition coefficient (Wildman–Crippen LogP) is 1.49. The second-order valence-electron chi connectivity index (χ2n) is 5.59. The van der Waals surface area contributed by atoms with E-state index in [-0.39, 0.29) is 24.5 Å². The van der Waals surface area contributed by atoms with Crippen LogP contribution in [0.3, 0.4) is 0 Å². The minimum atomic E-state index is -0.578. The summed E-state index contributed by atoms with van der Waals surface area (Å²) in [6.45, 7) is -0.382. The largest absolute Gasteiger partial charge is 0.455 e. The summed E-state index contributed by atoms with van der Waals surface area (Å²) in [5.74, 6) is -0.969. The molecule has 0 bridgehead atoms.